The van der Waals surface area contributed by atoms with Gasteiger partial charge in [-0.05, 0) is 19.2 Å². The van der Waals surface area contributed by atoms with Crippen molar-refractivity contribution in [3.63, 3.8) is 0 Å². The minimum absolute atomic E-state index is 0.319. The second kappa shape index (κ2) is 6.59. The predicted octanol–water partition coefficient (Wildman–Crippen LogP) is -0.0580. The number of hydrogen-bond donors (Lipinski definition) is 3. The lowest BCUT2D eigenvalue weighted by Gasteiger charge is -2.08. The third-order valence-electron chi connectivity index (χ3n) is 2.50. The Morgan fingerprint density at radius 3 is 2.19 bits per heavy atom. The molecular weight excluding hydrogens is 310 g/mol. The average molecular weight is 322 g/mol. The summed E-state index contributed by atoms with van der Waals surface area (Å²) in [6.45, 7) is -0.319. The van der Waals surface area contributed by atoms with Crippen LogP contribution in [-0.2, 0) is 10.0 Å². The van der Waals surface area contributed by atoms with Gasteiger partial charge >= 0.3 is 5.97 Å². The third kappa shape index (κ3) is 4.46. The van der Waals surface area contributed by atoms with E-state index in [1.54, 1.807) is 0 Å². The lowest BCUT2D eigenvalue weighted by molar-refractivity contribution is 0.0690. The molecule has 1 rings (SSSR count). The number of benzene rings is 1. The number of carbonyl (C=O) groups is 2. The molecule has 0 aliphatic carbocycles. The first kappa shape index (κ1) is 17.0. The van der Waals surface area contributed by atoms with Crippen LogP contribution in [0, 0.1) is 11.6 Å². The van der Waals surface area contributed by atoms with Crippen LogP contribution >= 0.6 is 0 Å². The Hall–Kier alpha value is -2.07. The van der Waals surface area contributed by atoms with Crippen molar-refractivity contribution in [1.29, 1.82) is 0 Å². The Bertz CT molecular complexity index is 675. The molecule has 0 saturated carbocycles. The lowest BCUT2D eigenvalue weighted by Crippen LogP contribution is -2.33. The predicted molar refractivity (Wildman–Crippen MR) is 68.5 cm³/mol. The highest BCUT2D eigenvalue weighted by molar-refractivity contribution is 7.89. The van der Waals surface area contributed by atoms with Gasteiger partial charge in [0.15, 0.2) is 11.6 Å². The maximum absolute atomic E-state index is 13.1. The summed E-state index contributed by atoms with van der Waals surface area (Å²) in [5.41, 5.74) is -1.31. The molecule has 1 aromatic carbocycles. The zero-order valence-corrected chi connectivity index (χ0v) is 11.6. The standard InChI is InChI=1S/C11H12F2N2O5S/c1-14-21(19,20)3-2-15-10(16)6-4-8(12)9(13)5-7(6)11(17)18/h4-5,14H,2-3H2,1H3,(H,15,16)(H,17,18). The molecule has 3 N–H and O–H groups in total. The van der Waals surface area contributed by atoms with Crippen LogP contribution in [0.1, 0.15) is 20.7 Å². The largest absolute Gasteiger partial charge is 0.478 e. The van der Waals surface area contributed by atoms with E-state index in [9.17, 15) is 26.8 Å². The van der Waals surface area contributed by atoms with E-state index in [0.717, 1.165) is 0 Å². The summed E-state index contributed by atoms with van der Waals surface area (Å²) < 4.78 is 50.3. The number of aromatic carboxylic acids is 1. The Morgan fingerprint density at radius 2 is 1.71 bits per heavy atom. The van der Waals surface area contributed by atoms with Gasteiger partial charge in [0.05, 0.1) is 16.9 Å². The van der Waals surface area contributed by atoms with E-state index in [2.05, 4.69) is 5.32 Å². The fourth-order valence-corrected chi connectivity index (χ4v) is 1.98. The van der Waals surface area contributed by atoms with Crippen LogP contribution in [0.25, 0.3) is 0 Å². The van der Waals surface area contributed by atoms with Crippen molar-refractivity contribution >= 4 is 21.9 Å². The fourth-order valence-electron chi connectivity index (χ4n) is 1.41. The van der Waals surface area contributed by atoms with E-state index in [-0.39, 0.29) is 6.54 Å². The maximum Gasteiger partial charge on any atom is 0.336 e. The molecule has 0 aliphatic heterocycles. The van der Waals surface area contributed by atoms with Gasteiger partial charge in [-0.2, -0.15) is 0 Å². The molecule has 0 aromatic heterocycles. The Kier molecular flexibility index (Phi) is 5.33. The van der Waals surface area contributed by atoms with Crippen molar-refractivity contribution in [3.8, 4) is 0 Å². The molecule has 0 fully saturated rings. The zero-order chi connectivity index (χ0) is 16.2. The molecule has 0 bridgehead atoms. The van der Waals surface area contributed by atoms with Crippen molar-refractivity contribution in [2.24, 2.45) is 0 Å². The van der Waals surface area contributed by atoms with Gasteiger partial charge in [0, 0.05) is 6.54 Å². The van der Waals surface area contributed by atoms with Gasteiger partial charge < -0.3 is 10.4 Å². The average Bonchev–Trinajstić information content (AvgIpc) is 2.40. The van der Waals surface area contributed by atoms with E-state index in [0.29, 0.717) is 12.1 Å². The Morgan fingerprint density at radius 1 is 1.19 bits per heavy atom. The van der Waals surface area contributed by atoms with Crippen LogP contribution in [0.2, 0.25) is 0 Å². The number of amides is 1. The van der Waals surface area contributed by atoms with Crippen molar-refractivity contribution < 1.29 is 31.9 Å². The Balaban J connectivity index is 2.92. The summed E-state index contributed by atoms with van der Waals surface area (Å²) in [7, 11) is -2.36. The summed E-state index contributed by atoms with van der Waals surface area (Å²) in [5, 5.41) is 11.0. The maximum atomic E-state index is 13.1. The molecule has 116 valence electrons. The van der Waals surface area contributed by atoms with E-state index in [1.807, 2.05) is 4.72 Å². The summed E-state index contributed by atoms with van der Waals surface area (Å²) in [4.78, 5) is 22.6. The van der Waals surface area contributed by atoms with Gasteiger partial charge in [-0.1, -0.05) is 0 Å². The first-order chi connectivity index (χ1) is 9.68. The van der Waals surface area contributed by atoms with Crippen LogP contribution in [0.4, 0.5) is 8.78 Å². The number of rotatable bonds is 6. The van der Waals surface area contributed by atoms with Crippen molar-refractivity contribution in [1.82, 2.24) is 10.0 Å². The van der Waals surface area contributed by atoms with E-state index >= 15 is 0 Å². The van der Waals surface area contributed by atoms with Crippen molar-refractivity contribution in [2.75, 3.05) is 19.3 Å². The van der Waals surface area contributed by atoms with Gasteiger partial charge in [-0.3, -0.25) is 4.79 Å². The molecule has 0 radical (unpaired) electrons. The van der Waals surface area contributed by atoms with E-state index < -0.39 is 50.4 Å². The number of carbonyl (C=O) groups excluding carboxylic acids is 1. The van der Waals surface area contributed by atoms with Gasteiger partial charge in [-0.15, -0.1) is 0 Å². The van der Waals surface area contributed by atoms with Gasteiger partial charge in [-0.25, -0.2) is 26.7 Å². The highest BCUT2D eigenvalue weighted by Crippen LogP contribution is 2.15. The van der Waals surface area contributed by atoms with Crippen molar-refractivity contribution in [2.45, 2.75) is 0 Å². The van der Waals surface area contributed by atoms with Gasteiger partial charge in [0.25, 0.3) is 5.91 Å². The van der Waals surface area contributed by atoms with Gasteiger partial charge in [0.1, 0.15) is 0 Å². The smallest absolute Gasteiger partial charge is 0.336 e. The second-order valence-electron chi connectivity index (χ2n) is 3.90. The monoisotopic (exact) mass is 322 g/mol. The quantitative estimate of drug-likeness (QED) is 0.679. The minimum Gasteiger partial charge on any atom is -0.478 e. The third-order valence-corrected chi connectivity index (χ3v) is 3.87. The van der Waals surface area contributed by atoms with Crippen molar-refractivity contribution in [3.05, 3.63) is 34.9 Å². The van der Waals surface area contributed by atoms with Crippen LogP contribution < -0.4 is 10.0 Å². The number of nitrogens with one attached hydrogen (secondary N) is 2. The topological polar surface area (TPSA) is 113 Å². The fraction of sp³-hybridized carbons (Fsp3) is 0.273. The first-order valence-corrected chi connectivity index (χ1v) is 7.25. The van der Waals surface area contributed by atoms with Crippen LogP contribution in [0.15, 0.2) is 12.1 Å². The molecule has 0 heterocycles. The van der Waals surface area contributed by atoms with Crippen LogP contribution in [0.5, 0.6) is 0 Å². The number of sulfonamides is 1. The van der Waals surface area contributed by atoms with Crippen LogP contribution in [0.3, 0.4) is 0 Å². The number of hydrogen-bond acceptors (Lipinski definition) is 4. The highest BCUT2D eigenvalue weighted by atomic mass is 32.2. The molecule has 0 spiro atoms. The summed E-state index contributed by atoms with van der Waals surface area (Å²) in [6.07, 6.45) is 0. The number of carboxylic acids is 1. The van der Waals surface area contributed by atoms with Crippen LogP contribution in [-0.4, -0.2) is 44.7 Å². The molecule has 0 atom stereocenters. The molecule has 1 aromatic rings. The molecule has 21 heavy (non-hydrogen) atoms. The molecular formula is C11H12F2N2O5S. The summed E-state index contributed by atoms with van der Waals surface area (Å²) >= 11 is 0. The second-order valence-corrected chi connectivity index (χ2v) is 5.94. The molecule has 0 unspecified atom stereocenters. The lowest BCUT2D eigenvalue weighted by atomic mass is 10.1. The minimum atomic E-state index is -3.55. The van der Waals surface area contributed by atoms with E-state index in [1.165, 1.54) is 7.05 Å². The van der Waals surface area contributed by atoms with E-state index in [4.69, 9.17) is 5.11 Å². The Labute approximate surface area is 119 Å². The van der Waals surface area contributed by atoms with Gasteiger partial charge in [0.2, 0.25) is 10.0 Å². The number of carboxylic acid groups (broad SMARTS) is 1. The molecule has 0 aliphatic rings. The number of halogens is 2. The molecule has 0 saturated heterocycles. The molecule has 1 amide bonds. The normalized spacial score (nSPS) is 11.2. The molecule has 10 heteroatoms. The first-order valence-electron chi connectivity index (χ1n) is 5.59. The SMILES string of the molecule is CNS(=O)(=O)CCNC(=O)c1cc(F)c(F)cc1C(=O)O. The highest BCUT2D eigenvalue weighted by Gasteiger charge is 2.20. The summed E-state index contributed by atoms with van der Waals surface area (Å²) in [6, 6.07) is 0.831. The zero-order valence-electron chi connectivity index (χ0n) is 10.8. The molecule has 7 nitrogen and oxygen atoms in total. The summed E-state index contributed by atoms with van der Waals surface area (Å²) in [5.74, 6) is -5.85.